The van der Waals surface area contributed by atoms with Gasteiger partial charge in [0, 0.05) is 26.2 Å². The Bertz CT molecular complexity index is 889. The van der Waals surface area contributed by atoms with Gasteiger partial charge in [0.25, 0.3) is 0 Å². The summed E-state index contributed by atoms with van der Waals surface area (Å²) in [5, 5.41) is 0. The minimum Gasteiger partial charge on any atom is -0.454 e. The Balaban J connectivity index is 1.17. The highest BCUT2D eigenvalue weighted by atomic mass is 16.7. The van der Waals surface area contributed by atoms with Gasteiger partial charge in [0.2, 0.25) is 6.79 Å². The molecular formula is C24H28N2O3. The predicted molar refractivity (Wildman–Crippen MR) is 111 cm³/mol. The number of carbonyl (C=O) groups excluding carboxylic acids is 1. The first kappa shape index (κ1) is 18.3. The molecule has 5 heteroatoms. The molecule has 29 heavy (non-hydrogen) atoms. The smallest absolute Gasteiger partial charge is 0.320 e. The van der Waals surface area contributed by atoms with E-state index in [1.807, 2.05) is 11.0 Å². The van der Waals surface area contributed by atoms with Crippen LogP contribution in [0.3, 0.4) is 0 Å². The second-order valence-electron chi connectivity index (χ2n) is 8.40. The Morgan fingerprint density at radius 3 is 2.59 bits per heavy atom. The largest absolute Gasteiger partial charge is 0.454 e. The van der Waals surface area contributed by atoms with Crippen molar-refractivity contribution in [2.75, 3.05) is 26.4 Å². The van der Waals surface area contributed by atoms with Crippen molar-refractivity contribution in [1.29, 1.82) is 0 Å². The van der Waals surface area contributed by atoms with Gasteiger partial charge in [-0.1, -0.05) is 30.3 Å². The summed E-state index contributed by atoms with van der Waals surface area (Å²) < 4.78 is 10.9. The van der Waals surface area contributed by atoms with Crippen molar-refractivity contribution in [3.63, 3.8) is 0 Å². The molecule has 0 atom stereocenters. The van der Waals surface area contributed by atoms with Gasteiger partial charge < -0.3 is 19.3 Å². The molecule has 0 bridgehead atoms. The summed E-state index contributed by atoms with van der Waals surface area (Å²) >= 11 is 0. The number of carbonyl (C=O) groups is 1. The number of ether oxygens (including phenoxy) is 2. The molecule has 2 aromatic rings. The standard InChI is InChI=1S/C24H28N2O3/c27-24(26-11-3-6-20-4-1-2-5-21(20)16-26)25-12-9-18(10-13-25)14-19-7-8-22-23(15-19)29-17-28-22/h1-2,4-5,7-8,15,18H,3,6,9-14,16-17H2. The maximum absolute atomic E-state index is 13.1. The number of hydrogen-bond donors (Lipinski definition) is 0. The lowest BCUT2D eigenvalue weighted by Crippen LogP contribution is -2.46. The van der Waals surface area contributed by atoms with Gasteiger partial charge in [0.1, 0.15) is 0 Å². The van der Waals surface area contributed by atoms with Gasteiger partial charge in [-0.2, -0.15) is 0 Å². The Morgan fingerprint density at radius 1 is 0.931 bits per heavy atom. The molecule has 0 unspecified atom stereocenters. The zero-order valence-electron chi connectivity index (χ0n) is 16.8. The number of fused-ring (bicyclic) bond motifs is 2. The maximum atomic E-state index is 13.1. The van der Waals surface area contributed by atoms with E-state index in [2.05, 4.69) is 41.3 Å². The normalized spacial score (nSPS) is 19.0. The topological polar surface area (TPSA) is 42.0 Å². The molecule has 0 radical (unpaired) electrons. The first-order valence-corrected chi connectivity index (χ1v) is 10.8. The third-order valence-electron chi connectivity index (χ3n) is 6.47. The third-order valence-corrected chi connectivity index (χ3v) is 6.47. The van der Waals surface area contributed by atoms with Gasteiger partial charge >= 0.3 is 6.03 Å². The third kappa shape index (κ3) is 3.91. The van der Waals surface area contributed by atoms with Crippen LogP contribution in [-0.2, 0) is 19.4 Å². The van der Waals surface area contributed by atoms with Crippen LogP contribution >= 0.6 is 0 Å². The molecule has 0 spiro atoms. The lowest BCUT2D eigenvalue weighted by molar-refractivity contribution is 0.130. The van der Waals surface area contributed by atoms with Crippen LogP contribution in [0.5, 0.6) is 11.5 Å². The molecule has 0 saturated carbocycles. The quantitative estimate of drug-likeness (QED) is 0.768. The molecule has 3 aliphatic heterocycles. The predicted octanol–water partition coefficient (Wildman–Crippen LogP) is 4.24. The minimum atomic E-state index is 0.211. The van der Waals surface area contributed by atoms with Crippen LogP contribution in [0.4, 0.5) is 4.79 Å². The second-order valence-corrected chi connectivity index (χ2v) is 8.40. The molecule has 3 heterocycles. The van der Waals surface area contributed by atoms with Crippen LogP contribution in [0.25, 0.3) is 0 Å². The highest BCUT2D eigenvalue weighted by Gasteiger charge is 2.28. The fourth-order valence-corrected chi connectivity index (χ4v) is 4.79. The first-order chi connectivity index (χ1) is 14.3. The van der Waals surface area contributed by atoms with E-state index in [0.29, 0.717) is 12.7 Å². The van der Waals surface area contributed by atoms with Crippen molar-refractivity contribution in [3.05, 3.63) is 59.2 Å². The number of rotatable bonds is 2. The van der Waals surface area contributed by atoms with Crippen molar-refractivity contribution in [2.45, 2.75) is 38.6 Å². The second kappa shape index (κ2) is 7.97. The molecule has 2 amide bonds. The monoisotopic (exact) mass is 392 g/mol. The van der Waals surface area contributed by atoms with Crippen molar-refractivity contribution in [3.8, 4) is 11.5 Å². The van der Waals surface area contributed by atoms with Gasteiger partial charge in [-0.15, -0.1) is 0 Å². The van der Waals surface area contributed by atoms with E-state index >= 15 is 0 Å². The molecule has 1 saturated heterocycles. The molecule has 0 aromatic heterocycles. The minimum absolute atomic E-state index is 0.211. The Labute approximate surface area is 172 Å². The lowest BCUT2D eigenvalue weighted by atomic mass is 9.90. The molecule has 152 valence electrons. The van der Waals surface area contributed by atoms with Gasteiger partial charge in [0.15, 0.2) is 11.5 Å². The highest BCUT2D eigenvalue weighted by molar-refractivity contribution is 5.74. The van der Waals surface area contributed by atoms with E-state index < -0.39 is 0 Å². The van der Waals surface area contributed by atoms with Gasteiger partial charge in [0.05, 0.1) is 0 Å². The molecule has 5 rings (SSSR count). The van der Waals surface area contributed by atoms with E-state index in [9.17, 15) is 4.79 Å². The fourth-order valence-electron chi connectivity index (χ4n) is 4.79. The summed E-state index contributed by atoms with van der Waals surface area (Å²) in [6, 6.07) is 15.0. The molecule has 2 aromatic carbocycles. The van der Waals surface area contributed by atoms with Crippen LogP contribution in [-0.4, -0.2) is 42.3 Å². The van der Waals surface area contributed by atoms with Crippen molar-refractivity contribution < 1.29 is 14.3 Å². The van der Waals surface area contributed by atoms with Crippen molar-refractivity contribution >= 4 is 6.03 Å². The first-order valence-electron chi connectivity index (χ1n) is 10.8. The van der Waals surface area contributed by atoms with Crippen LogP contribution < -0.4 is 9.47 Å². The van der Waals surface area contributed by atoms with Crippen molar-refractivity contribution in [2.24, 2.45) is 5.92 Å². The summed E-state index contributed by atoms with van der Waals surface area (Å²) in [7, 11) is 0. The van der Waals surface area contributed by atoms with E-state index in [1.54, 1.807) is 0 Å². The van der Waals surface area contributed by atoms with E-state index in [0.717, 1.165) is 69.8 Å². The zero-order chi connectivity index (χ0) is 19.6. The summed E-state index contributed by atoms with van der Waals surface area (Å²) in [4.78, 5) is 17.2. The molecule has 1 fully saturated rings. The van der Waals surface area contributed by atoms with Crippen LogP contribution in [0.2, 0.25) is 0 Å². The SMILES string of the molecule is O=C(N1CCC(Cc2ccc3c(c2)OCO3)CC1)N1CCCc2ccccc2C1. The van der Waals surface area contributed by atoms with Crippen LogP contribution in [0.15, 0.2) is 42.5 Å². The van der Waals surface area contributed by atoms with E-state index in [-0.39, 0.29) is 6.03 Å². The number of nitrogens with zero attached hydrogens (tertiary/aromatic N) is 2. The number of benzene rings is 2. The Kier molecular flexibility index (Phi) is 5.04. The van der Waals surface area contributed by atoms with Crippen molar-refractivity contribution in [1.82, 2.24) is 9.80 Å². The number of aryl methyl sites for hydroxylation is 1. The maximum Gasteiger partial charge on any atom is 0.320 e. The molecule has 0 aliphatic carbocycles. The number of amides is 2. The van der Waals surface area contributed by atoms with Gasteiger partial charge in [-0.25, -0.2) is 4.79 Å². The fraction of sp³-hybridized carbons (Fsp3) is 0.458. The number of urea groups is 1. The lowest BCUT2D eigenvalue weighted by Gasteiger charge is -2.35. The average molecular weight is 392 g/mol. The number of hydrogen-bond acceptors (Lipinski definition) is 3. The zero-order valence-corrected chi connectivity index (χ0v) is 16.8. The van der Waals surface area contributed by atoms with E-state index in [1.165, 1.54) is 16.7 Å². The summed E-state index contributed by atoms with van der Waals surface area (Å²) in [5.41, 5.74) is 3.99. The average Bonchev–Trinajstić information content (AvgIpc) is 3.11. The number of piperidine rings is 1. The van der Waals surface area contributed by atoms with Crippen LogP contribution in [0, 0.1) is 5.92 Å². The summed E-state index contributed by atoms with van der Waals surface area (Å²) in [5.74, 6) is 2.31. The molecule has 0 N–H and O–H groups in total. The van der Waals surface area contributed by atoms with Crippen LogP contribution in [0.1, 0.15) is 36.0 Å². The van der Waals surface area contributed by atoms with Gasteiger partial charge in [-0.3, -0.25) is 0 Å². The molecular weight excluding hydrogens is 364 g/mol. The Morgan fingerprint density at radius 2 is 1.72 bits per heavy atom. The highest BCUT2D eigenvalue weighted by Crippen LogP contribution is 2.34. The summed E-state index contributed by atoms with van der Waals surface area (Å²) in [6.45, 7) is 3.62. The molecule has 5 nitrogen and oxygen atoms in total. The van der Waals surface area contributed by atoms with Gasteiger partial charge in [-0.05, 0) is 66.8 Å². The Hall–Kier alpha value is -2.69. The summed E-state index contributed by atoms with van der Waals surface area (Å²) in [6.07, 6.45) is 5.27. The number of likely N-dealkylation sites (tertiary alicyclic amines) is 1. The molecule has 3 aliphatic rings. The van der Waals surface area contributed by atoms with E-state index in [4.69, 9.17) is 9.47 Å².